The van der Waals surface area contributed by atoms with Gasteiger partial charge in [0.2, 0.25) is 0 Å². The maximum Gasteiger partial charge on any atom is 0.314 e. The topological polar surface area (TPSA) is 71.3 Å². The third-order valence-electron chi connectivity index (χ3n) is 8.36. The molecule has 0 aliphatic heterocycles. The Balaban J connectivity index is 1.34. The summed E-state index contributed by atoms with van der Waals surface area (Å²) in [6.07, 6.45) is 1.42. The number of aliphatic carboxylic acids is 1. The van der Waals surface area contributed by atoms with Crippen LogP contribution in [0.15, 0.2) is 66.7 Å². The number of carbonyl (C=O) groups is 2. The number of aromatic nitrogens is 1. The Kier molecular flexibility index (Phi) is 6.64. The van der Waals surface area contributed by atoms with Gasteiger partial charge in [0.05, 0.1) is 11.5 Å². The summed E-state index contributed by atoms with van der Waals surface area (Å²) in [6, 6.07) is 22.3. The van der Waals surface area contributed by atoms with E-state index in [-0.39, 0.29) is 11.9 Å². The van der Waals surface area contributed by atoms with Crippen LogP contribution in [-0.2, 0) is 16.8 Å². The Bertz CT molecular complexity index is 1510. The molecular formula is C33H36N2O3. The van der Waals surface area contributed by atoms with E-state index in [9.17, 15) is 14.7 Å². The van der Waals surface area contributed by atoms with E-state index in [1.807, 2.05) is 49.4 Å². The second kappa shape index (κ2) is 9.79. The lowest BCUT2D eigenvalue weighted by Crippen LogP contribution is -2.26. The summed E-state index contributed by atoms with van der Waals surface area (Å²) in [4.78, 5) is 24.8. The van der Waals surface area contributed by atoms with Gasteiger partial charge < -0.3 is 15.0 Å². The van der Waals surface area contributed by atoms with Crippen LogP contribution in [0.25, 0.3) is 10.9 Å². The molecular weight excluding hydrogens is 472 g/mol. The molecule has 1 aliphatic carbocycles. The molecule has 0 bridgehead atoms. The van der Waals surface area contributed by atoms with Crippen molar-refractivity contribution in [1.82, 2.24) is 9.88 Å². The van der Waals surface area contributed by atoms with Crippen molar-refractivity contribution in [3.05, 3.63) is 106 Å². The summed E-state index contributed by atoms with van der Waals surface area (Å²) < 4.78 is 2.27. The fourth-order valence-corrected chi connectivity index (χ4v) is 5.39. The lowest BCUT2D eigenvalue weighted by atomic mass is 9.95. The fraction of sp³-hybridized carbons (Fsp3) is 0.333. The quantitative estimate of drug-likeness (QED) is 0.268. The van der Waals surface area contributed by atoms with Crippen molar-refractivity contribution in [2.75, 3.05) is 0 Å². The van der Waals surface area contributed by atoms with E-state index in [0.29, 0.717) is 30.9 Å². The zero-order chi connectivity index (χ0) is 27.2. The van der Waals surface area contributed by atoms with Crippen LogP contribution in [0.3, 0.4) is 0 Å². The predicted molar refractivity (Wildman–Crippen MR) is 152 cm³/mol. The van der Waals surface area contributed by atoms with Crippen molar-refractivity contribution in [3.8, 4) is 0 Å². The van der Waals surface area contributed by atoms with E-state index in [1.165, 1.54) is 5.56 Å². The van der Waals surface area contributed by atoms with Crippen LogP contribution in [-0.4, -0.2) is 21.6 Å². The van der Waals surface area contributed by atoms with Crippen LogP contribution in [0.5, 0.6) is 0 Å². The minimum absolute atomic E-state index is 0.0832. The number of nitrogens with one attached hydrogen (secondary N) is 1. The molecule has 5 heteroatoms. The first-order valence-electron chi connectivity index (χ1n) is 13.4. The maximum absolute atomic E-state index is 13.1. The van der Waals surface area contributed by atoms with Crippen LogP contribution in [0.2, 0.25) is 0 Å². The highest BCUT2D eigenvalue weighted by atomic mass is 16.4. The summed E-state index contributed by atoms with van der Waals surface area (Å²) in [7, 11) is 0. The molecule has 1 aromatic heterocycles. The standard InChI is InChI=1S/C33H36N2O3/c1-20(2)25-8-10-26(11-9-25)22(4)34-31(36)27-12-15-30-29(18-27)21(3)23(5)35(30)19-24-6-13-28(14-7-24)33(16-17-33)32(37)38/h6-15,18,20,22H,16-17,19H2,1-5H3,(H,34,36)(H,37,38)/t22-/m0/s1. The molecule has 2 N–H and O–H groups in total. The summed E-state index contributed by atoms with van der Waals surface area (Å²) in [5.74, 6) is -0.336. The second-order valence-corrected chi connectivity index (χ2v) is 11.1. The van der Waals surface area contributed by atoms with Crippen LogP contribution in [0.1, 0.15) is 89.4 Å². The maximum atomic E-state index is 13.1. The highest BCUT2D eigenvalue weighted by molar-refractivity contribution is 5.99. The van der Waals surface area contributed by atoms with E-state index in [4.69, 9.17) is 0 Å². The molecule has 38 heavy (non-hydrogen) atoms. The van der Waals surface area contributed by atoms with E-state index >= 15 is 0 Å². The smallest absolute Gasteiger partial charge is 0.314 e. The van der Waals surface area contributed by atoms with Crippen molar-refractivity contribution in [2.24, 2.45) is 0 Å². The largest absolute Gasteiger partial charge is 0.481 e. The molecule has 5 rings (SSSR count). The fourth-order valence-electron chi connectivity index (χ4n) is 5.39. The van der Waals surface area contributed by atoms with Gasteiger partial charge in [-0.25, -0.2) is 0 Å². The molecule has 0 radical (unpaired) electrons. The first kappa shape index (κ1) is 25.8. The van der Waals surface area contributed by atoms with Gasteiger partial charge in [-0.05, 0) is 85.5 Å². The van der Waals surface area contributed by atoms with E-state index < -0.39 is 11.4 Å². The van der Waals surface area contributed by atoms with Crippen LogP contribution in [0, 0.1) is 13.8 Å². The van der Waals surface area contributed by atoms with Gasteiger partial charge in [0.25, 0.3) is 5.91 Å². The number of nitrogens with zero attached hydrogens (tertiary/aromatic N) is 1. The molecule has 1 atom stereocenters. The molecule has 1 saturated carbocycles. The molecule has 4 aromatic rings. The van der Waals surface area contributed by atoms with Crippen molar-refractivity contribution < 1.29 is 14.7 Å². The number of carboxylic acid groups (broad SMARTS) is 1. The minimum atomic E-state index is -0.730. The van der Waals surface area contributed by atoms with Gasteiger partial charge in [-0.3, -0.25) is 9.59 Å². The molecule has 1 heterocycles. The Morgan fingerprint density at radius 2 is 1.55 bits per heavy atom. The normalized spacial score (nSPS) is 15.0. The Morgan fingerprint density at radius 1 is 0.921 bits per heavy atom. The number of benzene rings is 3. The summed E-state index contributed by atoms with van der Waals surface area (Å²) in [5.41, 5.74) is 7.75. The highest BCUT2D eigenvalue weighted by Gasteiger charge is 2.51. The Morgan fingerprint density at radius 3 is 2.13 bits per heavy atom. The van der Waals surface area contributed by atoms with Crippen LogP contribution < -0.4 is 5.32 Å². The summed E-state index contributed by atoms with van der Waals surface area (Å²) in [5, 5.41) is 13.8. The van der Waals surface area contributed by atoms with E-state index in [2.05, 4.69) is 61.8 Å². The number of carboxylic acids is 1. The first-order chi connectivity index (χ1) is 18.1. The van der Waals surface area contributed by atoms with Crippen molar-refractivity contribution in [3.63, 3.8) is 0 Å². The van der Waals surface area contributed by atoms with Crippen molar-refractivity contribution in [1.29, 1.82) is 0 Å². The molecule has 1 amide bonds. The van der Waals surface area contributed by atoms with Gasteiger partial charge in [0.1, 0.15) is 0 Å². The minimum Gasteiger partial charge on any atom is -0.481 e. The van der Waals surface area contributed by atoms with Gasteiger partial charge >= 0.3 is 5.97 Å². The third-order valence-corrected chi connectivity index (χ3v) is 8.36. The number of fused-ring (bicyclic) bond motifs is 1. The molecule has 3 aromatic carbocycles. The molecule has 0 unspecified atom stereocenters. The Hall–Kier alpha value is -3.86. The third kappa shape index (κ3) is 4.62. The Labute approximate surface area is 224 Å². The molecule has 1 fully saturated rings. The highest BCUT2D eigenvalue weighted by Crippen LogP contribution is 2.48. The summed E-state index contributed by atoms with van der Waals surface area (Å²) >= 11 is 0. The lowest BCUT2D eigenvalue weighted by molar-refractivity contribution is -0.140. The van der Waals surface area contributed by atoms with E-state index in [1.54, 1.807) is 0 Å². The average Bonchev–Trinajstić information content (AvgIpc) is 3.69. The number of hydrogen-bond acceptors (Lipinski definition) is 2. The number of rotatable bonds is 8. The zero-order valence-electron chi connectivity index (χ0n) is 22.8. The second-order valence-electron chi connectivity index (χ2n) is 11.1. The number of carbonyl (C=O) groups excluding carboxylic acids is 1. The van der Waals surface area contributed by atoms with Gasteiger partial charge in [-0.1, -0.05) is 62.4 Å². The van der Waals surface area contributed by atoms with Gasteiger partial charge in [0, 0.05) is 28.7 Å². The van der Waals surface area contributed by atoms with Crippen LogP contribution in [0.4, 0.5) is 0 Å². The molecule has 196 valence electrons. The molecule has 1 aliphatic rings. The predicted octanol–water partition coefficient (Wildman–Crippen LogP) is 7.04. The number of hydrogen-bond donors (Lipinski definition) is 2. The zero-order valence-corrected chi connectivity index (χ0v) is 22.8. The summed E-state index contributed by atoms with van der Waals surface area (Å²) in [6.45, 7) is 11.3. The first-order valence-corrected chi connectivity index (χ1v) is 13.4. The molecule has 0 spiro atoms. The van der Waals surface area contributed by atoms with Gasteiger partial charge in [0.15, 0.2) is 0 Å². The van der Waals surface area contributed by atoms with Crippen molar-refractivity contribution >= 4 is 22.8 Å². The molecule has 5 nitrogen and oxygen atoms in total. The monoisotopic (exact) mass is 508 g/mol. The lowest BCUT2D eigenvalue weighted by Gasteiger charge is -2.16. The number of aryl methyl sites for hydroxylation is 1. The van der Waals surface area contributed by atoms with Gasteiger partial charge in [-0.15, -0.1) is 0 Å². The van der Waals surface area contributed by atoms with E-state index in [0.717, 1.165) is 38.9 Å². The SMILES string of the molecule is Cc1c(C)n(Cc2ccc(C3(C(=O)O)CC3)cc2)c2ccc(C(=O)N[C@@H](C)c3ccc(C(C)C)cc3)cc12. The molecule has 0 saturated heterocycles. The van der Waals surface area contributed by atoms with Gasteiger partial charge in [-0.2, -0.15) is 0 Å². The van der Waals surface area contributed by atoms with Crippen molar-refractivity contribution in [2.45, 2.75) is 71.4 Å². The van der Waals surface area contributed by atoms with Crippen LogP contribution >= 0.6 is 0 Å². The number of amides is 1. The average molecular weight is 509 g/mol.